The van der Waals surface area contributed by atoms with Gasteiger partial charge in [-0.25, -0.2) is 8.42 Å². The summed E-state index contributed by atoms with van der Waals surface area (Å²) in [4.78, 5) is 14.0. The Morgan fingerprint density at radius 2 is 1.85 bits per heavy atom. The number of rotatable bonds is 5. The normalized spacial score (nSPS) is 15.7. The molecule has 0 spiro atoms. The fraction of sp³-hybridized carbons (Fsp3) is 0.389. The van der Waals surface area contributed by atoms with Gasteiger partial charge in [-0.1, -0.05) is 29.3 Å². The minimum absolute atomic E-state index is 0.0583. The first-order valence-corrected chi connectivity index (χ1v) is 11.1. The second-order valence-electron chi connectivity index (χ2n) is 6.40. The van der Waals surface area contributed by atoms with Gasteiger partial charge >= 0.3 is 0 Å². The van der Waals surface area contributed by atoms with E-state index in [1.165, 1.54) is 10.4 Å². The molecule has 6 nitrogen and oxygen atoms in total. The number of piperazine rings is 1. The van der Waals surface area contributed by atoms with Gasteiger partial charge in [0.15, 0.2) is 6.61 Å². The van der Waals surface area contributed by atoms with Crippen molar-refractivity contribution in [3.05, 3.63) is 45.8 Å². The highest BCUT2D eigenvalue weighted by molar-refractivity contribution is 7.91. The molecule has 0 bridgehead atoms. The Balaban J connectivity index is 1.55. The first kappa shape index (κ1) is 20.1. The second-order valence-corrected chi connectivity index (χ2v) is 10.3. The molecule has 1 aromatic heterocycles. The molecule has 1 aliphatic heterocycles. The summed E-state index contributed by atoms with van der Waals surface area (Å²) in [5.41, 5.74) is 2.11. The Hall–Kier alpha value is -1.61. The molecular formula is C18H21ClN2O4S2. The number of sulfonamides is 1. The first-order chi connectivity index (χ1) is 12.8. The molecule has 1 fully saturated rings. The maximum Gasteiger partial charge on any atom is 0.260 e. The predicted molar refractivity (Wildman–Crippen MR) is 106 cm³/mol. The standard InChI is InChI=1S/C18H21ClN2O4S2/c1-13-3-4-15(14(2)11-13)25-12-17(22)20-7-9-21(10-8-20)27(23,24)18-6-5-16(19)26-18/h3-6,11H,7-10,12H2,1-2H3. The minimum atomic E-state index is -3.56. The number of benzene rings is 1. The van der Waals surface area contributed by atoms with Gasteiger partial charge in [0.2, 0.25) is 0 Å². The molecule has 0 aliphatic carbocycles. The van der Waals surface area contributed by atoms with Gasteiger partial charge in [-0.3, -0.25) is 4.79 Å². The van der Waals surface area contributed by atoms with Crippen LogP contribution in [0.3, 0.4) is 0 Å². The summed E-state index contributed by atoms with van der Waals surface area (Å²) in [5, 5.41) is 0. The number of nitrogens with zero attached hydrogens (tertiary/aromatic N) is 2. The zero-order chi connectivity index (χ0) is 19.6. The van der Waals surface area contributed by atoms with Crippen LogP contribution in [0.25, 0.3) is 0 Å². The van der Waals surface area contributed by atoms with Crippen LogP contribution < -0.4 is 4.74 Å². The molecule has 1 aliphatic rings. The molecule has 1 amide bonds. The fourth-order valence-corrected chi connectivity index (χ4v) is 5.99. The van der Waals surface area contributed by atoms with E-state index in [4.69, 9.17) is 16.3 Å². The van der Waals surface area contributed by atoms with E-state index >= 15 is 0 Å². The lowest BCUT2D eigenvalue weighted by Crippen LogP contribution is -2.51. The summed E-state index contributed by atoms with van der Waals surface area (Å²) in [6.45, 7) is 5.07. The van der Waals surface area contributed by atoms with Crippen molar-refractivity contribution in [2.24, 2.45) is 0 Å². The van der Waals surface area contributed by atoms with Crippen molar-refractivity contribution in [2.45, 2.75) is 18.1 Å². The summed E-state index contributed by atoms with van der Waals surface area (Å²) in [6.07, 6.45) is 0. The number of amides is 1. The summed E-state index contributed by atoms with van der Waals surface area (Å²) < 4.78 is 32.9. The molecule has 0 unspecified atom stereocenters. The van der Waals surface area contributed by atoms with Crippen LogP contribution in [0.5, 0.6) is 5.75 Å². The van der Waals surface area contributed by atoms with Crippen molar-refractivity contribution >= 4 is 38.9 Å². The van der Waals surface area contributed by atoms with Gasteiger partial charge in [-0.05, 0) is 37.6 Å². The van der Waals surface area contributed by atoms with Gasteiger partial charge < -0.3 is 9.64 Å². The molecule has 1 aromatic carbocycles. The Kier molecular flexibility index (Phi) is 6.10. The lowest BCUT2D eigenvalue weighted by Gasteiger charge is -2.33. The van der Waals surface area contributed by atoms with Crippen molar-refractivity contribution in [3.63, 3.8) is 0 Å². The fourth-order valence-electron chi connectivity index (χ4n) is 2.93. The second kappa shape index (κ2) is 8.18. The molecule has 0 atom stereocenters. The summed E-state index contributed by atoms with van der Waals surface area (Å²) in [7, 11) is -3.56. The highest BCUT2D eigenvalue weighted by Crippen LogP contribution is 2.28. The van der Waals surface area contributed by atoms with Crippen molar-refractivity contribution < 1.29 is 17.9 Å². The van der Waals surface area contributed by atoms with E-state index in [9.17, 15) is 13.2 Å². The first-order valence-electron chi connectivity index (χ1n) is 8.50. The maximum atomic E-state index is 12.6. The van der Waals surface area contributed by atoms with Gasteiger partial charge in [0.25, 0.3) is 15.9 Å². The number of halogens is 1. The molecule has 2 heterocycles. The van der Waals surface area contributed by atoms with E-state index in [1.807, 2.05) is 32.0 Å². The van der Waals surface area contributed by atoms with Crippen LogP contribution in [0.4, 0.5) is 0 Å². The molecule has 146 valence electrons. The Labute approximate surface area is 168 Å². The van der Waals surface area contributed by atoms with Crippen LogP contribution in [-0.4, -0.2) is 56.3 Å². The average molecular weight is 429 g/mol. The summed E-state index contributed by atoms with van der Waals surface area (Å²) >= 11 is 6.88. The van der Waals surface area contributed by atoms with Crippen LogP contribution in [0, 0.1) is 13.8 Å². The van der Waals surface area contributed by atoms with Gasteiger partial charge in [0.05, 0.1) is 4.34 Å². The SMILES string of the molecule is Cc1ccc(OCC(=O)N2CCN(S(=O)(=O)c3ccc(Cl)s3)CC2)c(C)c1. The van der Waals surface area contributed by atoms with Crippen LogP contribution >= 0.6 is 22.9 Å². The van der Waals surface area contributed by atoms with E-state index in [0.717, 1.165) is 22.5 Å². The Morgan fingerprint density at radius 3 is 2.44 bits per heavy atom. The quantitative estimate of drug-likeness (QED) is 0.734. The highest BCUT2D eigenvalue weighted by atomic mass is 35.5. The van der Waals surface area contributed by atoms with E-state index in [-0.39, 0.29) is 29.8 Å². The van der Waals surface area contributed by atoms with E-state index in [0.29, 0.717) is 23.2 Å². The summed E-state index contributed by atoms with van der Waals surface area (Å²) in [5.74, 6) is 0.538. The van der Waals surface area contributed by atoms with Crippen LogP contribution in [0.15, 0.2) is 34.5 Å². The van der Waals surface area contributed by atoms with Gasteiger partial charge in [-0.15, -0.1) is 11.3 Å². The Morgan fingerprint density at radius 1 is 1.15 bits per heavy atom. The monoisotopic (exact) mass is 428 g/mol. The average Bonchev–Trinajstić information content (AvgIpc) is 3.08. The number of aryl methyl sites for hydroxylation is 2. The zero-order valence-corrected chi connectivity index (χ0v) is 17.5. The van der Waals surface area contributed by atoms with Crippen LogP contribution in [0.2, 0.25) is 4.34 Å². The molecule has 27 heavy (non-hydrogen) atoms. The molecule has 0 saturated carbocycles. The lowest BCUT2D eigenvalue weighted by atomic mass is 10.1. The van der Waals surface area contributed by atoms with Crippen LogP contribution in [0.1, 0.15) is 11.1 Å². The minimum Gasteiger partial charge on any atom is -0.484 e. The van der Waals surface area contributed by atoms with Crippen molar-refractivity contribution in [1.29, 1.82) is 0 Å². The molecular weight excluding hydrogens is 408 g/mol. The van der Waals surface area contributed by atoms with E-state index < -0.39 is 10.0 Å². The lowest BCUT2D eigenvalue weighted by molar-refractivity contribution is -0.134. The smallest absolute Gasteiger partial charge is 0.260 e. The van der Waals surface area contributed by atoms with E-state index in [1.54, 1.807) is 11.0 Å². The number of carbonyl (C=O) groups excluding carboxylic acids is 1. The summed E-state index contributed by atoms with van der Waals surface area (Å²) in [6, 6.07) is 8.88. The van der Waals surface area contributed by atoms with Gasteiger partial charge in [0.1, 0.15) is 9.96 Å². The predicted octanol–water partition coefficient (Wildman–Crippen LogP) is 2.93. The molecule has 0 N–H and O–H groups in total. The number of hydrogen-bond donors (Lipinski definition) is 0. The van der Waals surface area contributed by atoms with Crippen molar-refractivity contribution in [2.75, 3.05) is 32.8 Å². The third-order valence-electron chi connectivity index (χ3n) is 4.42. The molecule has 3 rings (SSSR count). The third kappa shape index (κ3) is 4.63. The molecule has 0 radical (unpaired) electrons. The molecule has 9 heteroatoms. The zero-order valence-electron chi connectivity index (χ0n) is 15.1. The topological polar surface area (TPSA) is 66.9 Å². The molecule has 1 saturated heterocycles. The van der Waals surface area contributed by atoms with Crippen molar-refractivity contribution in [1.82, 2.24) is 9.21 Å². The maximum absolute atomic E-state index is 12.6. The molecule has 2 aromatic rings. The highest BCUT2D eigenvalue weighted by Gasteiger charge is 2.31. The number of ether oxygens (including phenoxy) is 1. The van der Waals surface area contributed by atoms with E-state index in [2.05, 4.69) is 0 Å². The van der Waals surface area contributed by atoms with Crippen molar-refractivity contribution in [3.8, 4) is 5.75 Å². The number of thiophene rings is 1. The van der Waals surface area contributed by atoms with Gasteiger partial charge in [0, 0.05) is 26.2 Å². The number of hydrogen-bond acceptors (Lipinski definition) is 5. The third-order valence-corrected chi connectivity index (χ3v) is 8.01. The largest absolute Gasteiger partial charge is 0.484 e. The van der Waals surface area contributed by atoms with Crippen LogP contribution in [-0.2, 0) is 14.8 Å². The number of carbonyl (C=O) groups is 1. The Bertz CT molecular complexity index is 935. The van der Waals surface area contributed by atoms with Gasteiger partial charge in [-0.2, -0.15) is 4.31 Å².